The van der Waals surface area contributed by atoms with E-state index in [9.17, 15) is 0 Å². The molecule has 0 atom stereocenters. The maximum absolute atomic E-state index is 5.96. The normalized spacial score (nSPS) is 10.8. The number of anilines is 1. The first-order valence-electron chi connectivity index (χ1n) is 5.57. The van der Waals surface area contributed by atoms with Crippen LogP contribution in [-0.2, 0) is 0 Å². The molecule has 0 saturated carbocycles. The third kappa shape index (κ3) is 2.97. The summed E-state index contributed by atoms with van der Waals surface area (Å²) in [5.41, 5.74) is 10.4. The molecule has 0 bridgehead atoms. The Kier molecular flexibility index (Phi) is 3.64. The molecule has 0 spiro atoms. The number of rotatable bonds is 4. The molecule has 0 unspecified atom stereocenters. The fraction of sp³-hybridized carbons (Fsp3) is 0.308. The average molecular weight is 248 g/mol. The van der Waals surface area contributed by atoms with Gasteiger partial charge < -0.3 is 10.5 Å². The van der Waals surface area contributed by atoms with Crippen LogP contribution in [0.2, 0.25) is 0 Å². The van der Waals surface area contributed by atoms with Crippen molar-refractivity contribution in [2.45, 2.75) is 13.8 Å². The van der Waals surface area contributed by atoms with Crippen LogP contribution in [-0.4, -0.2) is 11.6 Å². The third-order valence-corrected chi connectivity index (χ3v) is 2.90. The second-order valence-corrected chi connectivity index (χ2v) is 5.05. The lowest BCUT2D eigenvalue weighted by molar-refractivity contribution is 0.272. The zero-order valence-electron chi connectivity index (χ0n) is 10.0. The second kappa shape index (κ2) is 5.19. The van der Waals surface area contributed by atoms with Crippen molar-refractivity contribution in [3.8, 4) is 17.0 Å². The molecule has 2 aromatic rings. The number of benzene rings is 1. The number of aromatic nitrogens is 1. The summed E-state index contributed by atoms with van der Waals surface area (Å²) < 4.78 is 5.63. The van der Waals surface area contributed by atoms with Crippen molar-refractivity contribution in [1.82, 2.24) is 4.98 Å². The summed E-state index contributed by atoms with van der Waals surface area (Å²) in [6.45, 7) is 4.90. The van der Waals surface area contributed by atoms with Crippen LogP contribution >= 0.6 is 11.3 Å². The lowest BCUT2D eigenvalue weighted by Crippen LogP contribution is -2.06. The minimum Gasteiger partial charge on any atom is -0.491 e. The minimum atomic E-state index is 0.493. The van der Waals surface area contributed by atoms with Gasteiger partial charge in [-0.2, -0.15) is 0 Å². The van der Waals surface area contributed by atoms with Gasteiger partial charge in [0, 0.05) is 10.9 Å². The summed E-state index contributed by atoms with van der Waals surface area (Å²) in [5, 5.41) is 2.00. The van der Waals surface area contributed by atoms with Crippen LogP contribution in [0.1, 0.15) is 13.8 Å². The molecule has 90 valence electrons. The highest BCUT2D eigenvalue weighted by Crippen LogP contribution is 2.28. The second-order valence-electron chi connectivity index (χ2n) is 4.33. The molecular formula is C13H16N2OS. The molecule has 0 aliphatic rings. The van der Waals surface area contributed by atoms with Gasteiger partial charge in [0.05, 0.1) is 23.5 Å². The molecule has 0 amide bonds. The first kappa shape index (κ1) is 11.9. The molecule has 1 aromatic carbocycles. The van der Waals surface area contributed by atoms with E-state index < -0.39 is 0 Å². The summed E-state index contributed by atoms with van der Waals surface area (Å²) in [6, 6.07) is 5.80. The molecular weight excluding hydrogens is 232 g/mol. The Labute approximate surface area is 105 Å². The number of nitrogens with zero attached hydrogens (tertiary/aromatic N) is 1. The highest BCUT2D eigenvalue weighted by atomic mass is 32.1. The van der Waals surface area contributed by atoms with Crippen LogP contribution in [0.3, 0.4) is 0 Å². The molecule has 0 saturated heterocycles. The molecule has 17 heavy (non-hydrogen) atoms. The van der Waals surface area contributed by atoms with Gasteiger partial charge in [-0.1, -0.05) is 13.8 Å². The predicted molar refractivity (Wildman–Crippen MR) is 72.3 cm³/mol. The molecule has 3 nitrogen and oxygen atoms in total. The van der Waals surface area contributed by atoms with E-state index in [2.05, 4.69) is 18.8 Å². The van der Waals surface area contributed by atoms with E-state index in [4.69, 9.17) is 10.5 Å². The zero-order chi connectivity index (χ0) is 12.3. The molecule has 1 heterocycles. The van der Waals surface area contributed by atoms with Crippen molar-refractivity contribution in [3.63, 3.8) is 0 Å². The van der Waals surface area contributed by atoms with Crippen molar-refractivity contribution in [1.29, 1.82) is 0 Å². The van der Waals surface area contributed by atoms with Gasteiger partial charge in [-0.05, 0) is 24.1 Å². The van der Waals surface area contributed by atoms with E-state index in [1.165, 1.54) is 0 Å². The van der Waals surface area contributed by atoms with Crippen LogP contribution in [0.5, 0.6) is 5.75 Å². The SMILES string of the molecule is CC(C)COc1ccc(-c2cscn2)cc1N. The Morgan fingerprint density at radius 2 is 2.24 bits per heavy atom. The van der Waals surface area contributed by atoms with Gasteiger partial charge >= 0.3 is 0 Å². The number of ether oxygens (including phenoxy) is 1. The maximum atomic E-state index is 5.96. The van der Waals surface area contributed by atoms with E-state index in [1.54, 1.807) is 11.3 Å². The highest BCUT2D eigenvalue weighted by Gasteiger charge is 2.05. The Morgan fingerprint density at radius 3 is 2.82 bits per heavy atom. The third-order valence-electron chi connectivity index (χ3n) is 2.31. The first-order chi connectivity index (χ1) is 8.16. The highest BCUT2D eigenvalue weighted by molar-refractivity contribution is 7.07. The van der Waals surface area contributed by atoms with Gasteiger partial charge in [0.2, 0.25) is 0 Å². The van der Waals surface area contributed by atoms with Gasteiger partial charge in [-0.25, -0.2) is 4.98 Å². The van der Waals surface area contributed by atoms with Crippen molar-refractivity contribution >= 4 is 17.0 Å². The largest absolute Gasteiger partial charge is 0.491 e. The summed E-state index contributed by atoms with van der Waals surface area (Å²) in [5.74, 6) is 1.24. The van der Waals surface area contributed by atoms with E-state index in [-0.39, 0.29) is 0 Å². The van der Waals surface area contributed by atoms with Crippen LogP contribution in [0.15, 0.2) is 29.1 Å². The van der Waals surface area contributed by atoms with Crippen LogP contribution in [0.4, 0.5) is 5.69 Å². The topological polar surface area (TPSA) is 48.1 Å². The van der Waals surface area contributed by atoms with Crippen molar-refractivity contribution in [2.24, 2.45) is 5.92 Å². The standard InChI is InChI=1S/C13H16N2OS/c1-9(2)6-16-13-4-3-10(5-11(13)14)12-7-17-8-15-12/h3-5,7-9H,6,14H2,1-2H3. The van der Waals surface area contributed by atoms with Crippen molar-refractivity contribution < 1.29 is 4.74 Å². The van der Waals surface area contributed by atoms with Crippen molar-refractivity contribution in [3.05, 3.63) is 29.1 Å². The van der Waals surface area contributed by atoms with Gasteiger partial charge in [-0.3, -0.25) is 0 Å². The van der Waals surface area contributed by atoms with E-state index in [0.717, 1.165) is 17.0 Å². The Bertz CT molecular complexity index is 480. The first-order valence-corrected chi connectivity index (χ1v) is 6.52. The van der Waals surface area contributed by atoms with Gasteiger partial charge in [0.15, 0.2) is 0 Å². The molecule has 1 aromatic heterocycles. The quantitative estimate of drug-likeness (QED) is 0.843. The van der Waals surface area contributed by atoms with Crippen LogP contribution < -0.4 is 10.5 Å². The van der Waals surface area contributed by atoms with Gasteiger partial charge in [0.1, 0.15) is 5.75 Å². The zero-order valence-corrected chi connectivity index (χ0v) is 10.8. The van der Waals surface area contributed by atoms with Gasteiger partial charge in [0.25, 0.3) is 0 Å². The van der Waals surface area contributed by atoms with Gasteiger partial charge in [-0.15, -0.1) is 11.3 Å². The maximum Gasteiger partial charge on any atom is 0.142 e. The summed E-state index contributed by atoms with van der Waals surface area (Å²) in [7, 11) is 0. The molecule has 0 radical (unpaired) electrons. The molecule has 2 rings (SSSR count). The molecule has 4 heteroatoms. The Balaban J connectivity index is 2.17. The lowest BCUT2D eigenvalue weighted by Gasteiger charge is -2.11. The van der Waals surface area contributed by atoms with E-state index in [1.807, 2.05) is 29.1 Å². The van der Waals surface area contributed by atoms with E-state index >= 15 is 0 Å². The lowest BCUT2D eigenvalue weighted by atomic mass is 10.1. The number of thiazole rings is 1. The number of hydrogen-bond acceptors (Lipinski definition) is 4. The fourth-order valence-corrected chi connectivity index (χ4v) is 2.01. The number of nitrogen functional groups attached to an aromatic ring is 1. The van der Waals surface area contributed by atoms with Crippen LogP contribution in [0.25, 0.3) is 11.3 Å². The number of hydrogen-bond donors (Lipinski definition) is 1. The monoisotopic (exact) mass is 248 g/mol. The molecule has 0 aliphatic carbocycles. The average Bonchev–Trinajstić information content (AvgIpc) is 2.80. The summed E-state index contributed by atoms with van der Waals surface area (Å²) in [4.78, 5) is 4.25. The predicted octanol–water partition coefficient (Wildman–Crippen LogP) is 3.43. The van der Waals surface area contributed by atoms with Crippen molar-refractivity contribution in [2.75, 3.05) is 12.3 Å². The van der Waals surface area contributed by atoms with E-state index in [0.29, 0.717) is 18.2 Å². The minimum absolute atomic E-state index is 0.493. The van der Waals surface area contributed by atoms with Crippen LogP contribution in [0, 0.1) is 5.92 Å². The molecule has 2 N–H and O–H groups in total. The molecule has 0 fully saturated rings. The fourth-order valence-electron chi connectivity index (χ4n) is 1.45. The summed E-state index contributed by atoms with van der Waals surface area (Å²) in [6.07, 6.45) is 0. The number of nitrogens with two attached hydrogens (primary N) is 1. The molecule has 0 aliphatic heterocycles. The smallest absolute Gasteiger partial charge is 0.142 e. The summed E-state index contributed by atoms with van der Waals surface area (Å²) >= 11 is 1.58. The Morgan fingerprint density at radius 1 is 1.41 bits per heavy atom. The Hall–Kier alpha value is -1.55.